The molecule has 0 unspecified atom stereocenters. The molecule has 0 aliphatic heterocycles. The van der Waals surface area contributed by atoms with Crippen molar-refractivity contribution in [1.29, 1.82) is 0 Å². The molecule has 56 heavy (non-hydrogen) atoms. The fourth-order valence-electron chi connectivity index (χ4n) is 7.84. The van der Waals surface area contributed by atoms with Gasteiger partial charge in [0.25, 0.3) is 0 Å². The molecule has 0 saturated heterocycles. The molecule has 0 aliphatic carbocycles. The number of hydrogen-bond acceptors (Lipinski definition) is 0. The molecule has 0 amide bonds. The quantitative estimate of drug-likeness (QED) is 0.106. The van der Waals surface area contributed by atoms with Crippen LogP contribution in [0, 0.1) is 0 Å². The van der Waals surface area contributed by atoms with Crippen molar-refractivity contribution in [3.63, 3.8) is 0 Å². The molecule has 0 heterocycles. The van der Waals surface area contributed by atoms with Crippen LogP contribution in [-0.2, 0) is 44.5 Å². The molecule has 4 heteroatoms. The normalized spacial score (nSPS) is 11.5. The second kappa shape index (κ2) is 22.2. The predicted molar refractivity (Wildman–Crippen MR) is 253 cm³/mol. The standard InChI is InChI=1S/2C25H31.C2H6Si.2ClH.Zr/c2*1-7-10-18-15-19-13-14-23(25(4,5)6)24(22(19)16-18)21-12-9-8-11-20(21)17(2)3;1-3-2;;;/h2*8-9,11-17H,7,10H2,1-6H3;1-2H3;2*1H;/q2*-1;;;;+4/p-2. The van der Waals surface area contributed by atoms with Crippen molar-refractivity contribution in [2.24, 2.45) is 0 Å². The monoisotopic (exact) mass is 880 g/mol. The first kappa shape index (κ1) is 48.2. The Morgan fingerprint density at radius 2 is 0.893 bits per heavy atom. The summed E-state index contributed by atoms with van der Waals surface area (Å²) < 4.78 is 0. The summed E-state index contributed by atoms with van der Waals surface area (Å²) in [6.45, 7) is 31.9. The summed E-state index contributed by atoms with van der Waals surface area (Å²) in [6.07, 6.45) is 4.70. The Labute approximate surface area is 363 Å². The summed E-state index contributed by atoms with van der Waals surface area (Å²) in [5.74, 6) is 1.04. The van der Waals surface area contributed by atoms with Crippen molar-refractivity contribution in [1.82, 2.24) is 0 Å². The summed E-state index contributed by atoms with van der Waals surface area (Å²) in [6, 6.07) is 36.9. The molecule has 0 saturated carbocycles. The van der Waals surface area contributed by atoms with Crippen LogP contribution in [0.15, 0.2) is 97.1 Å². The summed E-state index contributed by atoms with van der Waals surface area (Å²) in [7, 11) is 11.0. The minimum atomic E-state index is -0.826. The van der Waals surface area contributed by atoms with Gasteiger partial charge in [-0.05, 0) is 57.8 Å². The van der Waals surface area contributed by atoms with Gasteiger partial charge in [-0.15, -0.1) is 69.1 Å². The number of rotatable bonds is 8. The molecule has 0 bridgehead atoms. The van der Waals surface area contributed by atoms with E-state index in [-0.39, 0.29) is 10.8 Å². The van der Waals surface area contributed by atoms with Gasteiger partial charge in [-0.3, -0.25) is 0 Å². The second-order valence-electron chi connectivity index (χ2n) is 17.8. The molecule has 0 aliphatic rings. The minimum absolute atomic E-state index is 0.121. The van der Waals surface area contributed by atoms with E-state index in [9.17, 15) is 0 Å². The first-order valence-corrected chi connectivity index (χ1v) is 29.0. The Bertz CT molecular complexity index is 1950. The molecule has 0 fully saturated rings. The van der Waals surface area contributed by atoms with Gasteiger partial charge in [-0.25, -0.2) is 0 Å². The van der Waals surface area contributed by atoms with Gasteiger partial charge in [-0.2, -0.15) is 12.1 Å². The molecule has 0 N–H and O–H groups in total. The zero-order valence-electron chi connectivity index (χ0n) is 37.0. The molecular weight excluding hydrogens is 815 g/mol. The van der Waals surface area contributed by atoms with Gasteiger partial charge in [0.1, 0.15) is 0 Å². The zero-order chi connectivity index (χ0) is 41.8. The number of halogens is 2. The second-order valence-corrected chi connectivity index (χ2v) is 22.5. The third-order valence-electron chi connectivity index (χ3n) is 10.3. The van der Waals surface area contributed by atoms with Crippen LogP contribution in [0.25, 0.3) is 43.8 Å². The maximum atomic E-state index is 4.93. The average molecular weight is 883 g/mol. The topological polar surface area (TPSA) is 0 Å². The summed E-state index contributed by atoms with van der Waals surface area (Å²) >= 11 is -0.826. The van der Waals surface area contributed by atoms with Crippen molar-refractivity contribution in [3.05, 3.63) is 130 Å². The third kappa shape index (κ3) is 12.4. The van der Waals surface area contributed by atoms with Crippen LogP contribution in [0.2, 0.25) is 13.1 Å². The Morgan fingerprint density at radius 3 is 1.18 bits per heavy atom. The fourth-order valence-corrected chi connectivity index (χ4v) is 7.84. The summed E-state index contributed by atoms with van der Waals surface area (Å²) in [5, 5.41) is 5.60. The number of aryl methyl sites for hydroxylation is 2. The fraction of sp³-hybridized carbons (Fsp3) is 0.423. The van der Waals surface area contributed by atoms with Crippen LogP contribution in [0.5, 0.6) is 0 Å². The van der Waals surface area contributed by atoms with E-state index in [0.29, 0.717) is 11.8 Å². The molecule has 6 aromatic carbocycles. The predicted octanol–water partition coefficient (Wildman–Crippen LogP) is 17.4. The van der Waals surface area contributed by atoms with E-state index in [0.717, 1.165) is 22.4 Å². The van der Waals surface area contributed by atoms with E-state index in [4.69, 9.17) is 17.0 Å². The Hall–Kier alpha value is -2.22. The van der Waals surface area contributed by atoms with Crippen LogP contribution >= 0.6 is 17.0 Å². The Balaban J connectivity index is 0.000000264. The first-order chi connectivity index (χ1) is 26.5. The van der Waals surface area contributed by atoms with Gasteiger partial charge >= 0.3 is 37.9 Å². The van der Waals surface area contributed by atoms with E-state index in [1.165, 1.54) is 90.0 Å². The number of hydrogen-bond donors (Lipinski definition) is 0. The van der Waals surface area contributed by atoms with Crippen LogP contribution in [0.3, 0.4) is 0 Å². The van der Waals surface area contributed by atoms with Gasteiger partial charge < -0.3 is 0 Å². The van der Waals surface area contributed by atoms with Crippen molar-refractivity contribution in [2.75, 3.05) is 0 Å². The van der Waals surface area contributed by atoms with Crippen LogP contribution < -0.4 is 0 Å². The maximum absolute atomic E-state index is 4.93. The van der Waals surface area contributed by atoms with Crippen molar-refractivity contribution in [2.45, 2.75) is 145 Å². The van der Waals surface area contributed by atoms with Crippen LogP contribution in [0.4, 0.5) is 0 Å². The number of benzene rings is 4. The molecule has 0 atom stereocenters. The summed E-state index contributed by atoms with van der Waals surface area (Å²) in [5.41, 5.74) is 14.6. The Kier molecular flexibility index (Phi) is 19.1. The van der Waals surface area contributed by atoms with Crippen LogP contribution in [-0.4, -0.2) is 9.52 Å². The van der Waals surface area contributed by atoms with E-state index < -0.39 is 20.8 Å². The molecule has 0 aromatic heterocycles. The molecule has 2 radical (unpaired) electrons. The van der Waals surface area contributed by atoms with Gasteiger partial charge in [0, 0.05) is 9.52 Å². The van der Waals surface area contributed by atoms with Gasteiger partial charge in [0.05, 0.1) is 0 Å². The van der Waals surface area contributed by atoms with Crippen molar-refractivity contribution in [3.8, 4) is 22.3 Å². The van der Waals surface area contributed by atoms with Gasteiger partial charge in [0.2, 0.25) is 0 Å². The van der Waals surface area contributed by atoms with Gasteiger partial charge in [0.15, 0.2) is 0 Å². The molecule has 0 nitrogen and oxygen atoms in total. The third-order valence-corrected chi connectivity index (χ3v) is 10.3. The number of fused-ring (bicyclic) bond motifs is 2. The zero-order valence-corrected chi connectivity index (χ0v) is 41.9. The van der Waals surface area contributed by atoms with E-state index in [2.05, 4.69) is 193 Å². The van der Waals surface area contributed by atoms with E-state index >= 15 is 0 Å². The van der Waals surface area contributed by atoms with E-state index in [1.807, 2.05) is 0 Å². The van der Waals surface area contributed by atoms with Crippen molar-refractivity contribution >= 4 is 48.1 Å². The SMILES string of the molecule is CCCc1cc2c(-c3ccccc3C(C)C)c(C(C)(C)C)ccc2[cH-]1.CCCc1cc2c(-c3ccccc3C(C)C)c(C(C)(C)C)ccc2[cH-]1.C[Si]C.[Cl][Zr+2][Cl]. The van der Waals surface area contributed by atoms with E-state index in [1.54, 1.807) is 0 Å². The molecule has 6 aromatic rings. The molecular formula is C52H68Cl2SiZr. The molecule has 298 valence electrons. The Morgan fingerprint density at radius 1 is 0.571 bits per heavy atom. The molecule has 6 rings (SSSR count). The molecule has 0 spiro atoms. The average Bonchev–Trinajstić information content (AvgIpc) is 3.75. The van der Waals surface area contributed by atoms with Gasteiger partial charge in [-0.1, -0.05) is 180 Å². The summed E-state index contributed by atoms with van der Waals surface area (Å²) in [4.78, 5) is 0. The van der Waals surface area contributed by atoms with Crippen molar-refractivity contribution < 1.29 is 20.8 Å². The first-order valence-electron chi connectivity index (χ1n) is 20.7. The van der Waals surface area contributed by atoms with Crippen LogP contribution in [0.1, 0.15) is 141 Å².